The highest BCUT2D eigenvalue weighted by Gasteiger charge is 2.19. The highest BCUT2D eigenvalue weighted by molar-refractivity contribution is 7.99. The van der Waals surface area contributed by atoms with Crippen LogP contribution < -0.4 is 10.6 Å². The maximum absolute atomic E-state index is 11.4. The van der Waals surface area contributed by atoms with Crippen LogP contribution in [0.4, 0.5) is 4.79 Å². The van der Waals surface area contributed by atoms with E-state index in [-0.39, 0.29) is 6.03 Å². The van der Waals surface area contributed by atoms with Gasteiger partial charge in [0.1, 0.15) is 0 Å². The van der Waals surface area contributed by atoms with E-state index < -0.39 is 0 Å². The van der Waals surface area contributed by atoms with E-state index in [1.165, 1.54) is 0 Å². The topological polar surface area (TPSA) is 88.0 Å². The molecule has 0 bridgehead atoms. The van der Waals surface area contributed by atoms with Crippen LogP contribution in [0, 0.1) is 0 Å². The van der Waals surface area contributed by atoms with Crippen molar-refractivity contribution in [3.8, 4) is 0 Å². The van der Waals surface area contributed by atoms with E-state index in [4.69, 9.17) is 0 Å². The quantitative estimate of drug-likeness (QED) is 0.646. The smallest absolute Gasteiger partial charge is 0.317 e. The molecule has 8 nitrogen and oxygen atoms in total. The molecule has 2 N–H and O–H groups in total. The molecule has 1 fully saturated rings. The first-order valence-electron chi connectivity index (χ1n) is 6.82. The van der Waals surface area contributed by atoms with Gasteiger partial charge in [0.05, 0.1) is 6.54 Å². The van der Waals surface area contributed by atoms with Crippen molar-refractivity contribution < 1.29 is 4.79 Å². The normalized spacial score (nSPS) is 15.2. The van der Waals surface area contributed by atoms with Gasteiger partial charge in [0.15, 0.2) is 0 Å². The van der Waals surface area contributed by atoms with Crippen LogP contribution >= 0.6 is 11.8 Å². The molecule has 0 aliphatic carbocycles. The van der Waals surface area contributed by atoms with Gasteiger partial charge in [-0.2, -0.15) is 0 Å². The Labute approximate surface area is 122 Å². The van der Waals surface area contributed by atoms with Crippen molar-refractivity contribution in [2.24, 2.45) is 0 Å². The highest BCUT2D eigenvalue weighted by atomic mass is 32.2. The Balaban J connectivity index is 1.72. The maximum atomic E-state index is 11.4. The van der Waals surface area contributed by atoms with Crippen LogP contribution in [0.1, 0.15) is 13.8 Å². The van der Waals surface area contributed by atoms with Crippen molar-refractivity contribution in [1.82, 2.24) is 35.7 Å². The van der Waals surface area contributed by atoms with Crippen LogP contribution in [-0.2, 0) is 6.54 Å². The van der Waals surface area contributed by atoms with Crippen LogP contribution in [0.3, 0.4) is 0 Å². The highest BCUT2D eigenvalue weighted by Crippen LogP contribution is 2.13. The summed E-state index contributed by atoms with van der Waals surface area (Å²) in [5, 5.41) is 18.6. The summed E-state index contributed by atoms with van der Waals surface area (Å²) < 4.78 is 1.80. The van der Waals surface area contributed by atoms with Gasteiger partial charge >= 0.3 is 6.03 Å². The summed E-state index contributed by atoms with van der Waals surface area (Å²) in [5.74, 6) is 0.797. The second-order valence-corrected chi connectivity index (χ2v) is 5.92. The predicted octanol–water partition coefficient (Wildman–Crippen LogP) is -0.212. The Kier molecular flexibility index (Phi) is 5.60. The number of carbonyl (C=O) groups excluding carboxylic acids is 1. The minimum atomic E-state index is 0.0197. The number of rotatable bonds is 8. The third-order valence-corrected chi connectivity index (χ3v) is 3.85. The van der Waals surface area contributed by atoms with Crippen LogP contribution in [0.5, 0.6) is 0 Å². The average molecular weight is 299 g/mol. The summed E-state index contributed by atoms with van der Waals surface area (Å²) in [6, 6.07) is 0.475. The summed E-state index contributed by atoms with van der Waals surface area (Å²) in [4.78, 5) is 13.2. The minimum absolute atomic E-state index is 0.0197. The van der Waals surface area contributed by atoms with Gasteiger partial charge in [-0.1, -0.05) is 25.6 Å². The van der Waals surface area contributed by atoms with Gasteiger partial charge < -0.3 is 15.5 Å². The van der Waals surface area contributed by atoms with Crippen molar-refractivity contribution in [3.05, 3.63) is 0 Å². The van der Waals surface area contributed by atoms with Crippen LogP contribution in [0.15, 0.2) is 5.16 Å². The van der Waals surface area contributed by atoms with E-state index in [1.54, 1.807) is 21.3 Å². The Morgan fingerprint density at radius 2 is 2.30 bits per heavy atom. The second-order valence-electron chi connectivity index (χ2n) is 4.86. The molecule has 0 saturated carbocycles. The monoisotopic (exact) mass is 299 g/mol. The third-order valence-electron chi connectivity index (χ3n) is 2.91. The Morgan fingerprint density at radius 1 is 1.45 bits per heavy atom. The lowest BCUT2D eigenvalue weighted by atomic mass is 10.4. The van der Waals surface area contributed by atoms with Crippen molar-refractivity contribution in [2.45, 2.75) is 31.6 Å². The van der Waals surface area contributed by atoms with Crippen LogP contribution in [0.25, 0.3) is 0 Å². The van der Waals surface area contributed by atoms with E-state index in [0.717, 1.165) is 37.1 Å². The van der Waals surface area contributed by atoms with Crippen LogP contribution in [0.2, 0.25) is 0 Å². The second kappa shape index (κ2) is 7.44. The molecule has 0 radical (unpaired) electrons. The van der Waals surface area contributed by atoms with Crippen molar-refractivity contribution >= 4 is 17.8 Å². The molecule has 0 aromatic carbocycles. The molecule has 1 saturated heterocycles. The van der Waals surface area contributed by atoms with Crippen molar-refractivity contribution in [1.29, 1.82) is 0 Å². The molecule has 0 spiro atoms. The number of carbonyl (C=O) groups is 1. The van der Waals surface area contributed by atoms with E-state index >= 15 is 0 Å². The lowest BCUT2D eigenvalue weighted by molar-refractivity contribution is 0.220. The number of hydrogen-bond donors (Lipinski definition) is 2. The Bertz CT molecular complexity index is 436. The summed E-state index contributed by atoms with van der Waals surface area (Å²) >= 11 is 1.58. The molecule has 1 aromatic rings. The van der Waals surface area contributed by atoms with Gasteiger partial charge in [0.25, 0.3) is 0 Å². The number of thioether (sulfide) groups is 1. The number of urea groups is 1. The summed E-state index contributed by atoms with van der Waals surface area (Å²) in [6.07, 6.45) is 0. The van der Waals surface area contributed by atoms with E-state index in [1.807, 2.05) is 0 Å². The van der Waals surface area contributed by atoms with Gasteiger partial charge in [0.2, 0.25) is 5.16 Å². The molecule has 112 valence electrons. The lowest BCUT2D eigenvalue weighted by Crippen LogP contribution is -2.30. The largest absolute Gasteiger partial charge is 0.336 e. The summed E-state index contributed by atoms with van der Waals surface area (Å²) in [7, 11) is 0. The van der Waals surface area contributed by atoms with Gasteiger partial charge in [-0.05, 0) is 10.4 Å². The number of tetrazole rings is 1. The van der Waals surface area contributed by atoms with Crippen molar-refractivity contribution in [2.75, 3.05) is 31.9 Å². The molecule has 2 heterocycles. The molecule has 2 rings (SSSR count). The molecule has 1 aliphatic rings. The standard InChI is InChI=1S/C11H21N7OS/c1-9(2)12-4-6-18-11(14-15-16-18)20-8-7-17-5-3-13-10(17)19/h9,12H,3-8H2,1-2H3,(H,13,19). The molecule has 20 heavy (non-hydrogen) atoms. The number of hydrogen-bond acceptors (Lipinski definition) is 6. The first-order chi connectivity index (χ1) is 9.66. The minimum Gasteiger partial charge on any atom is -0.336 e. The fourth-order valence-corrected chi connectivity index (χ4v) is 2.74. The van der Waals surface area contributed by atoms with E-state index in [2.05, 4.69) is 40.0 Å². The van der Waals surface area contributed by atoms with Gasteiger partial charge in [-0.25, -0.2) is 9.48 Å². The zero-order chi connectivity index (χ0) is 14.4. The molecule has 0 unspecified atom stereocenters. The van der Waals surface area contributed by atoms with Gasteiger partial charge in [-0.3, -0.25) is 0 Å². The number of aromatic nitrogens is 4. The fourth-order valence-electron chi connectivity index (χ4n) is 1.87. The molecular weight excluding hydrogens is 278 g/mol. The van der Waals surface area contributed by atoms with Gasteiger partial charge in [0, 0.05) is 38.0 Å². The number of amides is 2. The third kappa shape index (κ3) is 4.34. The molecule has 9 heteroatoms. The first-order valence-corrected chi connectivity index (χ1v) is 7.80. The molecule has 0 atom stereocenters. The summed E-state index contributed by atoms with van der Waals surface area (Å²) in [6.45, 7) is 8.04. The molecule has 2 amide bonds. The first kappa shape index (κ1) is 15.0. The lowest BCUT2D eigenvalue weighted by Gasteiger charge is -2.13. The van der Waals surface area contributed by atoms with Gasteiger partial charge in [-0.15, -0.1) is 5.10 Å². The summed E-state index contributed by atoms with van der Waals surface area (Å²) in [5.41, 5.74) is 0. The molecule has 1 aromatic heterocycles. The average Bonchev–Trinajstić information content (AvgIpc) is 3.00. The van der Waals surface area contributed by atoms with Crippen molar-refractivity contribution in [3.63, 3.8) is 0 Å². The van der Waals surface area contributed by atoms with Crippen LogP contribution in [-0.4, -0.2) is 69.1 Å². The predicted molar refractivity (Wildman–Crippen MR) is 76.7 cm³/mol. The van der Waals surface area contributed by atoms with E-state index in [0.29, 0.717) is 12.6 Å². The molecule has 1 aliphatic heterocycles. The Hall–Kier alpha value is -1.35. The maximum Gasteiger partial charge on any atom is 0.317 e. The zero-order valence-corrected chi connectivity index (χ0v) is 12.7. The number of nitrogens with one attached hydrogen (secondary N) is 2. The Morgan fingerprint density at radius 3 is 3.00 bits per heavy atom. The number of nitrogens with zero attached hydrogens (tertiary/aromatic N) is 5. The zero-order valence-electron chi connectivity index (χ0n) is 11.9. The molecular formula is C11H21N7OS. The SMILES string of the molecule is CC(C)NCCn1nnnc1SCCN1CCNC1=O. The van der Waals surface area contributed by atoms with E-state index in [9.17, 15) is 4.79 Å². The fraction of sp³-hybridized carbons (Fsp3) is 0.818.